The number of fused-ring (bicyclic) bond motifs is 3. The highest BCUT2D eigenvalue weighted by Gasteiger charge is 2.27. The molecule has 0 amide bonds. The van der Waals surface area contributed by atoms with Crippen LogP contribution < -0.4 is 5.32 Å². The minimum atomic E-state index is 0.385. The average molecular weight is 190 g/mol. The first-order chi connectivity index (χ1) is 6.42. The van der Waals surface area contributed by atoms with Crippen LogP contribution in [-0.2, 0) is 0 Å². The van der Waals surface area contributed by atoms with Crippen molar-refractivity contribution in [1.29, 1.82) is 0 Å². The Bertz CT molecular complexity index is 401. The van der Waals surface area contributed by atoms with E-state index in [4.69, 9.17) is 0 Å². The highest BCUT2D eigenvalue weighted by molar-refractivity contribution is 7.12. The second-order valence-corrected chi connectivity index (χ2v) is 4.10. The lowest BCUT2D eigenvalue weighted by atomic mass is 10.1. The third-order valence-electron chi connectivity index (χ3n) is 2.57. The van der Waals surface area contributed by atoms with E-state index in [1.165, 1.54) is 16.3 Å². The van der Waals surface area contributed by atoms with Gasteiger partial charge in [-0.25, -0.2) is 0 Å². The molecule has 0 aromatic carbocycles. The van der Waals surface area contributed by atoms with Crippen LogP contribution in [0.4, 0.5) is 0 Å². The van der Waals surface area contributed by atoms with E-state index >= 15 is 0 Å². The van der Waals surface area contributed by atoms with Crippen LogP contribution in [0.15, 0.2) is 29.8 Å². The summed E-state index contributed by atoms with van der Waals surface area (Å²) >= 11 is 1.80. The first-order valence-corrected chi connectivity index (χ1v) is 5.22. The Morgan fingerprint density at radius 3 is 3.23 bits per heavy atom. The Morgan fingerprint density at radius 2 is 2.38 bits per heavy atom. The molecule has 0 bridgehead atoms. The molecule has 0 saturated carbocycles. The Labute approximate surface area is 80.8 Å². The maximum Gasteiger partial charge on any atom is 0.104 e. The van der Waals surface area contributed by atoms with Gasteiger partial charge in [0.2, 0.25) is 0 Å². The topological polar surface area (TPSA) is 17.0 Å². The Balaban J connectivity index is 2.30. The molecule has 2 aromatic rings. The number of hydrogen-bond donors (Lipinski definition) is 1. The first-order valence-electron chi connectivity index (χ1n) is 4.34. The van der Waals surface area contributed by atoms with Gasteiger partial charge in [-0.15, -0.1) is 11.3 Å². The second kappa shape index (κ2) is 2.47. The third kappa shape index (κ3) is 0.806. The fraction of sp³-hybridized carbons (Fsp3) is 0.200. The van der Waals surface area contributed by atoms with Crippen molar-refractivity contribution in [1.82, 2.24) is 9.88 Å². The number of nitrogens with one attached hydrogen (secondary N) is 1. The highest BCUT2D eigenvalue weighted by atomic mass is 32.1. The van der Waals surface area contributed by atoms with E-state index in [1.807, 2.05) is 7.05 Å². The van der Waals surface area contributed by atoms with Crippen LogP contribution in [0.3, 0.4) is 0 Å². The zero-order valence-electron chi connectivity index (χ0n) is 7.32. The molecule has 66 valence electrons. The van der Waals surface area contributed by atoms with Gasteiger partial charge in [-0.2, -0.15) is 0 Å². The molecule has 0 spiro atoms. The van der Waals surface area contributed by atoms with Crippen LogP contribution in [0.2, 0.25) is 0 Å². The number of hydrogen-bond acceptors (Lipinski definition) is 2. The van der Waals surface area contributed by atoms with Gasteiger partial charge in [-0.05, 0) is 30.6 Å². The van der Waals surface area contributed by atoms with E-state index in [0.29, 0.717) is 6.04 Å². The molecule has 1 aliphatic heterocycles. The summed E-state index contributed by atoms with van der Waals surface area (Å²) in [6.07, 6.45) is 2.13. The van der Waals surface area contributed by atoms with Crippen LogP contribution >= 0.6 is 11.3 Å². The molecule has 0 radical (unpaired) electrons. The van der Waals surface area contributed by atoms with E-state index in [0.717, 1.165) is 0 Å². The molecular formula is C10H10N2S. The van der Waals surface area contributed by atoms with Crippen LogP contribution in [0.5, 0.6) is 0 Å². The van der Waals surface area contributed by atoms with Gasteiger partial charge >= 0.3 is 0 Å². The van der Waals surface area contributed by atoms with Crippen molar-refractivity contribution in [3.63, 3.8) is 0 Å². The van der Waals surface area contributed by atoms with Crippen LogP contribution in [0.25, 0.3) is 5.00 Å². The fourth-order valence-electron chi connectivity index (χ4n) is 2.00. The standard InChI is InChI=1S/C10H10N2S/c1-11-9-7-4-6-13-10(7)12-5-2-3-8(9)12/h2-6,9,11H,1H3. The van der Waals surface area contributed by atoms with Crippen LogP contribution in [-0.4, -0.2) is 11.6 Å². The Hall–Kier alpha value is -1.06. The molecule has 3 heterocycles. The quantitative estimate of drug-likeness (QED) is 0.729. The van der Waals surface area contributed by atoms with Crippen molar-refractivity contribution in [2.75, 3.05) is 7.05 Å². The van der Waals surface area contributed by atoms with Gasteiger partial charge in [0.05, 0.1) is 6.04 Å². The molecule has 2 nitrogen and oxygen atoms in total. The lowest BCUT2D eigenvalue weighted by Crippen LogP contribution is -2.14. The summed E-state index contributed by atoms with van der Waals surface area (Å²) in [7, 11) is 2.01. The Morgan fingerprint density at radius 1 is 1.46 bits per heavy atom. The van der Waals surface area contributed by atoms with Crippen molar-refractivity contribution in [2.24, 2.45) is 0 Å². The van der Waals surface area contributed by atoms with E-state index in [9.17, 15) is 0 Å². The largest absolute Gasteiger partial charge is 0.310 e. The number of rotatable bonds is 1. The normalized spacial score (nSPS) is 18.7. The van der Waals surface area contributed by atoms with E-state index < -0.39 is 0 Å². The monoisotopic (exact) mass is 190 g/mol. The predicted molar refractivity (Wildman–Crippen MR) is 54.5 cm³/mol. The van der Waals surface area contributed by atoms with Gasteiger partial charge in [-0.1, -0.05) is 0 Å². The second-order valence-electron chi connectivity index (χ2n) is 3.21. The van der Waals surface area contributed by atoms with Gasteiger partial charge < -0.3 is 9.88 Å². The molecule has 1 atom stereocenters. The smallest absolute Gasteiger partial charge is 0.104 e. The summed E-state index contributed by atoms with van der Waals surface area (Å²) in [5, 5.41) is 6.85. The van der Waals surface area contributed by atoms with Gasteiger partial charge in [-0.3, -0.25) is 0 Å². The maximum absolute atomic E-state index is 3.33. The minimum Gasteiger partial charge on any atom is -0.310 e. The summed E-state index contributed by atoms with van der Waals surface area (Å²) < 4.78 is 2.27. The summed E-state index contributed by atoms with van der Waals surface area (Å²) in [5.74, 6) is 0. The third-order valence-corrected chi connectivity index (χ3v) is 3.50. The molecule has 3 heteroatoms. The summed E-state index contributed by atoms with van der Waals surface area (Å²) in [6.45, 7) is 0. The van der Waals surface area contributed by atoms with Crippen LogP contribution in [0, 0.1) is 0 Å². The van der Waals surface area contributed by atoms with Crippen molar-refractivity contribution < 1.29 is 0 Å². The van der Waals surface area contributed by atoms with Crippen molar-refractivity contribution in [3.8, 4) is 5.00 Å². The van der Waals surface area contributed by atoms with Crippen molar-refractivity contribution >= 4 is 11.3 Å². The molecule has 1 aliphatic rings. The molecule has 1 N–H and O–H groups in total. The van der Waals surface area contributed by atoms with Crippen molar-refractivity contribution in [2.45, 2.75) is 6.04 Å². The van der Waals surface area contributed by atoms with Crippen molar-refractivity contribution in [3.05, 3.63) is 41.0 Å². The number of nitrogens with zero attached hydrogens (tertiary/aromatic N) is 1. The van der Waals surface area contributed by atoms with Gasteiger partial charge in [0, 0.05) is 17.5 Å². The summed E-state index contributed by atoms with van der Waals surface area (Å²) in [4.78, 5) is 0. The predicted octanol–water partition coefficient (Wildman–Crippen LogP) is 2.16. The Kier molecular flexibility index (Phi) is 1.39. The first kappa shape index (κ1) is 7.35. The molecular weight excluding hydrogens is 180 g/mol. The number of thiophene rings is 1. The molecule has 0 saturated heterocycles. The molecule has 3 rings (SSSR count). The molecule has 13 heavy (non-hydrogen) atoms. The molecule has 0 fully saturated rings. The average Bonchev–Trinajstić information content (AvgIpc) is 2.71. The zero-order valence-corrected chi connectivity index (χ0v) is 8.14. The molecule has 1 unspecified atom stereocenters. The summed E-state index contributed by atoms with van der Waals surface area (Å²) in [6, 6.07) is 6.86. The zero-order chi connectivity index (χ0) is 8.84. The lowest BCUT2D eigenvalue weighted by molar-refractivity contribution is 0.693. The van der Waals surface area contributed by atoms with Gasteiger partial charge in [0.1, 0.15) is 5.00 Å². The SMILES string of the molecule is CNC1c2ccsc2-n2cccc21. The van der Waals surface area contributed by atoms with E-state index in [1.54, 1.807) is 11.3 Å². The molecule has 0 aliphatic carbocycles. The highest BCUT2D eigenvalue weighted by Crippen LogP contribution is 2.39. The maximum atomic E-state index is 3.33. The lowest BCUT2D eigenvalue weighted by Gasteiger charge is -2.07. The van der Waals surface area contributed by atoms with E-state index in [-0.39, 0.29) is 0 Å². The van der Waals surface area contributed by atoms with Gasteiger partial charge in [0.25, 0.3) is 0 Å². The van der Waals surface area contributed by atoms with Crippen LogP contribution in [0.1, 0.15) is 17.3 Å². The summed E-state index contributed by atoms with van der Waals surface area (Å²) in [5.41, 5.74) is 2.76. The minimum absolute atomic E-state index is 0.385. The molecule has 2 aromatic heterocycles. The fourth-order valence-corrected chi connectivity index (χ4v) is 2.95. The van der Waals surface area contributed by atoms with E-state index in [2.05, 4.69) is 39.7 Å². The number of aromatic nitrogens is 1. The van der Waals surface area contributed by atoms with Gasteiger partial charge in [0.15, 0.2) is 0 Å².